The first-order valence-corrected chi connectivity index (χ1v) is 13.3. The van der Waals surface area contributed by atoms with Crippen molar-refractivity contribution >= 4 is 31.9 Å². The van der Waals surface area contributed by atoms with Gasteiger partial charge in [-0.1, -0.05) is 20.8 Å². The molecule has 0 radical (unpaired) electrons. The van der Waals surface area contributed by atoms with Crippen LogP contribution in [0.25, 0.3) is 0 Å². The molecule has 4 rings (SSSR count). The second kappa shape index (κ2) is 7.82. The average Bonchev–Trinajstić information content (AvgIpc) is 3.15. The van der Waals surface area contributed by atoms with Crippen molar-refractivity contribution in [3.8, 4) is 0 Å². The van der Waals surface area contributed by atoms with E-state index in [9.17, 15) is 13.2 Å². The highest BCUT2D eigenvalue weighted by Gasteiger charge is 2.59. The fraction of sp³-hybridized carbons (Fsp3) is 0.696. The summed E-state index contributed by atoms with van der Waals surface area (Å²) in [6.45, 7) is 11.1. The summed E-state index contributed by atoms with van der Waals surface area (Å²) < 4.78 is 34.4. The number of carbonyl (C=O) groups excluding carboxylic acids is 1. The van der Waals surface area contributed by atoms with Crippen molar-refractivity contribution in [3.05, 3.63) is 28.2 Å². The molecule has 1 aliphatic heterocycles. The largest absolute Gasteiger partial charge is 0.373 e. The number of amides is 1. The topological polar surface area (TPSA) is 75.7 Å². The van der Waals surface area contributed by atoms with E-state index in [2.05, 4.69) is 42.0 Å². The summed E-state index contributed by atoms with van der Waals surface area (Å²) in [5, 5.41) is 3.27. The van der Waals surface area contributed by atoms with Crippen LogP contribution in [0.15, 0.2) is 27.6 Å². The normalized spacial score (nSPS) is 35.3. The number of halogens is 1. The SMILES string of the molecule is CC1CN(S(=O)(=O)c2cc(C(=O)NC3C4(C)CC[C@H](C4)C3(C)C)ccc2Br)CC(C)O1. The van der Waals surface area contributed by atoms with E-state index < -0.39 is 10.0 Å². The third-order valence-electron chi connectivity index (χ3n) is 7.74. The number of carbonyl (C=O) groups is 1. The standard InChI is InChI=1S/C23H33BrN2O4S/c1-14-12-26(13-15(2)30-14)31(28,29)19-10-16(6-7-18(19)24)20(27)25-21-22(3,4)17-8-9-23(21,5)11-17/h6-7,10,14-15,17,21H,8-9,11-13H2,1-5H3,(H,25,27)/t14?,15?,17-,21?,23?/m1/s1. The molecule has 2 aliphatic carbocycles. The molecule has 3 aliphatic rings. The van der Waals surface area contributed by atoms with Crippen LogP contribution in [0, 0.1) is 16.7 Å². The highest BCUT2D eigenvalue weighted by atomic mass is 79.9. The zero-order chi connectivity index (χ0) is 22.8. The smallest absolute Gasteiger partial charge is 0.251 e. The van der Waals surface area contributed by atoms with Gasteiger partial charge in [0.25, 0.3) is 5.91 Å². The Morgan fingerprint density at radius 2 is 1.84 bits per heavy atom. The van der Waals surface area contributed by atoms with Crippen molar-refractivity contribution in [1.82, 2.24) is 9.62 Å². The number of fused-ring (bicyclic) bond motifs is 2. The summed E-state index contributed by atoms with van der Waals surface area (Å²) in [5.41, 5.74) is 0.513. The molecule has 1 aromatic carbocycles. The van der Waals surface area contributed by atoms with E-state index in [0.29, 0.717) is 29.0 Å². The lowest BCUT2D eigenvalue weighted by molar-refractivity contribution is -0.0441. The number of rotatable bonds is 4. The summed E-state index contributed by atoms with van der Waals surface area (Å²) in [6, 6.07) is 4.92. The fourth-order valence-corrected chi connectivity index (χ4v) is 8.73. The number of morpholine rings is 1. The van der Waals surface area contributed by atoms with Crippen molar-refractivity contribution < 1.29 is 17.9 Å². The Hall–Kier alpha value is -0.960. The average molecular weight is 513 g/mol. The van der Waals surface area contributed by atoms with E-state index in [4.69, 9.17) is 4.74 Å². The van der Waals surface area contributed by atoms with Crippen LogP contribution in [0.1, 0.15) is 64.2 Å². The van der Waals surface area contributed by atoms with Crippen molar-refractivity contribution in [2.24, 2.45) is 16.7 Å². The Morgan fingerprint density at radius 1 is 1.19 bits per heavy atom. The van der Waals surface area contributed by atoms with E-state index in [1.54, 1.807) is 12.1 Å². The molecule has 172 valence electrons. The first-order valence-electron chi connectivity index (χ1n) is 11.1. The molecule has 0 aromatic heterocycles. The Kier molecular flexibility index (Phi) is 5.85. The molecule has 4 unspecified atom stereocenters. The summed E-state index contributed by atoms with van der Waals surface area (Å²) in [4.78, 5) is 13.3. The fourth-order valence-electron chi connectivity index (χ4n) is 6.19. The molecule has 0 spiro atoms. The molecule has 1 saturated heterocycles. The van der Waals surface area contributed by atoms with E-state index in [1.165, 1.54) is 16.8 Å². The molecule has 1 aromatic rings. The Bertz CT molecular complexity index is 981. The molecular formula is C23H33BrN2O4S. The number of nitrogens with one attached hydrogen (secondary N) is 1. The van der Waals surface area contributed by atoms with Gasteiger partial charge in [0.05, 0.1) is 17.1 Å². The summed E-state index contributed by atoms with van der Waals surface area (Å²) >= 11 is 3.38. The highest BCUT2D eigenvalue weighted by Crippen LogP contribution is 2.62. The van der Waals surface area contributed by atoms with Gasteiger partial charge in [0.15, 0.2) is 0 Å². The van der Waals surface area contributed by atoms with Crippen molar-refractivity contribution in [3.63, 3.8) is 0 Å². The second-order valence-corrected chi connectivity index (χ2v) is 13.3. The zero-order valence-corrected chi connectivity index (χ0v) is 21.3. The van der Waals surface area contributed by atoms with Gasteiger partial charge in [0.2, 0.25) is 10.0 Å². The van der Waals surface area contributed by atoms with Crippen molar-refractivity contribution in [1.29, 1.82) is 0 Å². The summed E-state index contributed by atoms with van der Waals surface area (Å²) in [6.07, 6.45) is 3.12. The van der Waals surface area contributed by atoms with Gasteiger partial charge in [-0.2, -0.15) is 4.31 Å². The lowest BCUT2D eigenvalue weighted by Gasteiger charge is -2.43. The molecule has 31 heavy (non-hydrogen) atoms. The predicted octanol–water partition coefficient (Wildman–Crippen LogP) is 4.19. The van der Waals surface area contributed by atoms with Crippen molar-refractivity contribution in [2.45, 2.75) is 77.0 Å². The van der Waals surface area contributed by atoms with Gasteiger partial charge in [0, 0.05) is 29.2 Å². The minimum atomic E-state index is -3.76. The maximum Gasteiger partial charge on any atom is 0.251 e. The lowest BCUT2D eigenvalue weighted by Crippen LogP contribution is -2.52. The van der Waals surface area contributed by atoms with Crippen molar-refractivity contribution in [2.75, 3.05) is 13.1 Å². The van der Waals surface area contributed by atoms with Gasteiger partial charge >= 0.3 is 0 Å². The van der Waals surface area contributed by atoms with Crippen LogP contribution in [0.2, 0.25) is 0 Å². The highest BCUT2D eigenvalue weighted by molar-refractivity contribution is 9.10. The quantitative estimate of drug-likeness (QED) is 0.655. The lowest BCUT2D eigenvalue weighted by atomic mass is 9.68. The van der Waals surface area contributed by atoms with Gasteiger partial charge < -0.3 is 10.1 Å². The Balaban J connectivity index is 1.60. The van der Waals surface area contributed by atoms with E-state index in [1.807, 2.05) is 13.8 Å². The Labute approximate surface area is 194 Å². The third-order valence-corrected chi connectivity index (χ3v) is 10.6. The molecule has 1 N–H and O–H groups in total. The molecule has 2 bridgehead atoms. The van der Waals surface area contributed by atoms with Gasteiger partial charge in [-0.05, 0) is 84.0 Å². The van der Waals surface area contributed by atoms with Crippen LogP contribution in [-0.4, -0.2) is 50.0 Å². The molecule has 8 heteroatoms. The van der Waals surface area contributed by atoms with Crippen LogP contribution < -0.4 is 5.32 Å². The maximum absolute atomic E-state index is 13.4. The monoisotopic (exact) mass is 512 g/mol. The number of hydrogen-bond acceptors (Lipinski definition) is 4. The van der Waals surface area contributed by atoms with Gasteiger partial charge in [-0.3, -0.25) is 4.79 Å². The molecular weight excluding hydrogens is 480 g/mol. The van der Waals surface area contributed by atoms with Gasteiger partial charge in [0.1, 0.15) is 0 Å². The predicted molar refractivity (Wildman–Crippen MR) is 123 cm³/mol. The van der Waals surface area contributed by atoms with Gasteiger partial charge in [-0.25, -0.2) is 8.42 Å². The number of hydrogen-bond donors (Lipinski definition) is 1. The number of benzene rings is 1. The zero-order valence-electron chi connectivity index (χ0n) is 18.9. The van der Waals surface area contributed by atoms with Crippen LogP contribution in [-0.2, 0) is 14.8 Å². The minimum Gasteiger partial charge on any atom is -0.373 e. The van der Waals surface area contributed by atoms with Crippen LogP contribution >= 0.6 is 15.9 Å². The van der Waals surface area contributed by atoms with E-state index in [0.717, 1.165) is 12.8 Å². The molecule has 2 saturated carbocycles. The van der Waals surface area contributed by atoms with Crippen LogP contribution in [0.5, 0.6) is 0 Å². The first kappa shape index (κ1) is 23.2. The van der Waals surface area contributed by atoms with Crippen LogP contribution in [0.4, 0.5) is 0 Å². The number of ether oxygens (including phenoxy) is 1. The van der Waals surface area contributed by atoms with Crippen LogP contribution in [0.3, 0.4) is 0 Å². The molecule has 3 fully saturated rings. The van der Waals surface area contributed by atoms with Gasteiger partial charge in [-0.15, -0.1) is 0 Å². The molecule has 5 atom stereocenters. The number of nitrogens with zero attached hydrogens (tertiary/aromatic N) is 1. The molecule has 6 nitrogen and oxygen atoms in total. The summed E-state index contributed by atoms with van der Waals surface area (Å²) in [7, 11) is -3.76. The minimum absolute atomic E-state index is 0.0347. The summed E-state index contributed by atoms with van der Waals surface area (Å²) in [5.74, 6) is 0.411. The maximum atomic E-state index is 13.4. The van der Waals surface area contributed by atoms with E-state index >= 15 is 0 Å². The second-order valence-electron chi connectivity index (χ2n) is 10.5. The molecule has 1 amide bonds. The molecule has 1 heterocycles. The Morgan fingerprint density at radius 3 is 2.42 bits per heavy atom. The number of sulfonamides is 1. The first-order chi connectivity index (χ1) is 14.3. The van der Waals surface area contributed by atoms with E-state index in [-0.39, 0.29) is 39.9 Å². The third kappa shape index (κ3) is 3.98.